The Morgan fingerprint density at radius 3 is 2.71 bits per heavy atom. The van der Waals surface area contributed by atoms with Crippen LogP contribution in [-0.4, -0.2) is 40.8 Å². The van der Waals surface area contributed by atoms with Crippen LogP contribution in [0.1, 0.15) is 73.4 Å². The van der Waals surface area contributed by atoms with Gasteiger partial charge in [-0.3, -0.25) is 9.59 Å². The van der Waals surface area contributed by atoms with Crippen molar-refractivity contribution >= 4 is 11.7 Å². The van der Waals surface area contributed by atoms with E-state index in [1.54, 1.807) is 6.07 Å². The number of carbonyl (C=O) groups excluding carboxylic acids is 2. The van der Waals surface area contributed by atoms with Gasteiger partial charge in [0, 0.05) is 36.4 Å². The summed E-state index contributed by atoms with van der Waals surface area (Å²) in [5, 5.41) is 11.0. The van der Waals surface area contributed by atoms with Crippen molar-refractivity contribution in [2.75, 3.05) is 13.1 Å². The molecule has 5 heteroatoms. The predicted molar refractivity (Wildman–Crippen MR) is 108 cm³/mol. The molecule has 1 aliphatic heterocycles. The summed E-state index contributed by atoms with van der Waals surface area (Å²) in [6, 6.07) is 3.83. The van der Waals surface area contributed by atoms with Gasteiger partial charge in [-0.25, -0.2) is 0 Å². The van der Waals surface area contributed by atoms with Crippen LogP contribution in [0.15, 0.2) is 12.1 Å². The minimum atomic E-state index is -0.621. The quantitative estimate of drug-likeness (QED) is 0.834. The molecule has 2 saturated carbocycles. The highest BCUT2D eigenvalue weighted by Crippen LogP contribution is 2.54. The number of phenols is 1. The molecule has 0 aromatic heterocycles. The van der Waals surface area contributed by atoms with E-state index in [-0.39, 0.29) is 17.1 Å². The van der Waals surface area contributed by atoms with E-state index in [0.29, 0.717) is 24.8 Å². The first kappa shape index (κ1) is 19.4. The van der Waals surface area contributed by atoms with Gasteiger partial charge in [0.15, 0.2) is 0 Å². The molecule has 4 rings (SSSR count). The molecule has 0 bridgehead atoms. The summed E-state index contributed by atoms with van der Waals surface area (Å²) in [5.41, 5.74) is 7.01. The SMILES string of the molecule is Cc1ccc(C(N)=O)c(O)c1[C@]12CCN(CC3CCC3)[C@H](C)C1CCC(=O)C2. The normalized spacial score (nSPS) is 31.3. The van der Waals surface area contributed by atoms with E-state index >= 15 is 0 Å². The van der Waals surface area contributed by atoms with Crippen molar-refractivity contribution < 1.29 is 14.7 Å². The molecule has 28 heavy (non-hydrogen) atoms. The molecule has 3 N–H and O–H groups in total. The average Bonchev–Trinajstić information content (AvgIpc) is 2.59. The number of fused-ring (bicyclic) bond motifs is 1. The van der Waals surface area contributed by atoms with Crippen LogP contribution in [0.3, 0.4) is 0 Å². The van der Waals surface area contributed by atoms with Crippen LogP contribution in [0.2, 0.25) is 0 Å². The minimum absolute atomic E-state index is 0.00755. The van der Waals surface area contributed by atoms with Crippen LogP contribution in [0.25, 0.3) is 0 Å². The molecule has 5 nitrogen and oxygen atoms in total. The van der Waals surface area contributed by atoms with Crippen LogP contribution >= 0.6 is 0 Å². The maximum atomic E-state index is 12.6. The number of likely N-dealkylation sites (tertiary alicyclic amines) is 1. The maximum absolute atomic E-state index is 12.6. The number of aromatic hydroxyl groups is 1. The molecule has 1 heterocycles. The number of amides is 1. The van der Waals surface area contributed by atoms with Crippen molar-refractivity contribution in [2.45, 2.75) is 70.3 Å². The molecule has 3 aliphatic rings. The zero-order valence-electron chi connectivity index (χ0n) is 17.0. The summed E-state index contributed by atoms with van der Waals surface area (Å²) in [4.78, 5) is 27.0. The van der Waals surface area contributed by atoms with Crippen LogP contribution in [0, 0.1) is 18.8 Å². The Morgan fingerprint density at radius 2 is 2.07 bits per heavy atom. The number of aryl methyl sites for hydroxylation is 1. The maximum Gasteiger partial charge on any atom is 0.252 e. The molecular formula is C23H32N2O3. The van der Waals surface area contributed by atoms with Crippen LogP contribution in [0.4, 0.5) is 0 Å². The van der Waals surface area contributed by atoms with E-state index in [2.05, 4.69) is 11.8 Å². The van der Waals surface area contributed by atoms with Crippen LogP contribution in [-0.2, 0) is 10.2 Å². The number of hydrogen-bond acceptors (Lipinski definition) is 4. The summed E-state index contributed by atoms with van der Waals surface area (Å²) in [6.07, 6.45) is 6.77. The van der Waals surface area contributed by atoms with Gasteiger partial charge < -0.3 is 15.7 Å². The summed E-state index contributed by atoms with van der Waals surface area (Å²) >= 11 is 0. The molecule has 152 valence electrons. The van der Waals surface area contributed by atoms with Crippen molar-refractivity contribution in [3.05, 3.63) is 28.8 Å². The monoisotopic (exact) mass is 384 g/mol. The number of piperidine rings is 1. The van der Waals surface area contributed by atoms with E-state index in [0.717, 1.165) is 43.0 Å². The number of primary amides is 1. The lowest BCUT2D eigenvalue weighted by Crippen LogP contribution is -2.58. The fourth-order valence-electron chi connectivity index (χ4n) is 6.12. The average molecular weight is 385 g/mol. The van der Waals surface area contributed by atoms with Gasteiger partial charge in [-0.15, -0.1) is 0 Å². The number of carbonyl (C=O) groups is 2. The third-order valence-electron chi connectivity index (χ3n) is 7.83. The Bertz CT molecular complexity index is 801. The van der Waals surface area contributed by atoms with E-state index in [4.69, 9.17) is 5.73 Å². The predicted octanol–water partition coefficient (Wildman–Crippen LogP) is 3.30. The highest BCUT2D eigenvalue weighted by Gasteiger charge is 2.53. The number of hydrogen-bond donors (Lipinski definition) is 2. The Labute approximate surface area is 167 Å². The van der Waals surface area contributed by atoms with Crippen molar-refractivity contribution in [1.82, 2.24) is 4.90 Å². The standard InChI is InChI=1S/C23H32N2O3/c1-14-6-8-18(22(24)28)21(27)20(14)23-10-11-25(13-16-4-3-5-16)15(2)19(23)9-7-17(26)12-23/h6,8,15-16,19,27H,3-5,7,9-13H2,1-2H3,(H2,24,28)/t15-,19?,23+/m1/s1. The van der Waals surface area contributed by atoms with Crippen LogP contribution in [0.5, 0.6) is 5.75 Å². The number of Topliss-reactive ketones (excluding diaryl/α,β-unsaturated/α-hetero) is 1. The summed E-state index contributed by atoms with van der Waals surface area (Å²) < 4.78 is 0. The molecule has 3 fully saturated rings. The fraction of sp³-hybridized carbons (Fsp3) is 0.652. The first-order valence-electron chi connectivity index (χ1n) is 10.7. The van der Waals surface area contributed by atoms with Gasteiger partial charge in [0.05, 0.1) is 5.56 Å². The van der Waals surface area contributed by atoms with Crippen molar-refractivity contribution in [1.29, 1.82) is 0 Å². The second-order valence-electron chi connectivity index (χ2n) is 9.32. The topological polar surface area (TPSA) is 83.6 Å². The van der Waals surface area contributed by atoms with Gasteiger partial charge in [0.25, 0.3) is 5.91 Å². The first-order valence-corrected chi connectivity index (χ1v) is 10.7. The number of nitrogens with zero attached hydrogens (tertiary/aromatic N) is 1. The highest BCUT2D eigenvalue weighted by molar-refractivity contribution is 5.96. The molecule has 1 amide bonds. The molecule has 1 saturated heterocycles. The highest BCUT2D eigenvalue weighted by atomic mass is 16.3. The molecule has 1 unspecified atom stereocenters. The molecular weight excluding hydrogens is 352 g/mol. The van der Waals surface area contributed by atoms with Crippen molar-refractivity contribution in [3.63, 3.8) is 0 Å². The summed E-state index contributed by atoms with van der Waals surface area (Å²) in [7, 11) is 0. The Morgan fingerprint density at radius 1 is 1.32 bits per heavy atom. The lowest BCUT2D eigenvalue weighted by atomic mass is 9.55. The Balaban J connectivity index is 1.75. The molecule has 0 radical (unpaired) electrons. The largest absolute Gasteiger partial charge is 0.507 e. The van der Waals surface area contributed by atoms with Crippen molar-refractivity contribution in [2.24, 2.45) is 17.6 Å². The van der Waals surface area contributed by atoms with E-state index < -0.39 is 11.3 Å². The van der Waals surface area contributed by atoms with Gasteiger partial charge in [0.2, 0.25) is 0 Å². The van der Waals surface area contributed by atoms with Crippen LogP contribution < -0.4 is 5.73 Å². The summed E-state index contributed by atoms with van der Waals surface area (Å²) in [6.45, 7) is 6.34. The number of ketones is 1. The van der Waals surface area contributed by atoms with Gasteiger partial charge in [-0.2, -0.15) is 0 Å². The molecule has 1 aromatic carbocycles. The molecule has 2 aliphatic carbocycles. The van der Waals surface area contributed by atoms with E-state index in [1.165, 1.54) is 19.3 Å². The summed E-state index contributed by atoms with van der Waals surface area (Å²) in [5.74, 6) is 0.746. The van der Waals surface area contributed by atoms with Gasteiger partial charge >= 0.3 is 0 Å². The van der Waals surface area contributed by atoms with Crippen molar-refractivity contribution in [3.8, 4) is 5.75 Å². The number of rotatable bonds is 4. The van der Waals surface area contributed by atoms with E-state index in [9.17, 15) is 14.7 Å². The van der Waals surface area contributed by atoms with Gasteiger partial charge in [-0.05, 0) is 69.5 Å². The minimum Gasteiger partial charge on any atom is -0.507 e. The molecule has 1 aromatic rings. The first-order chi connectivity index (χ1) is 13.3. The zero-order valence-corrected chi connectivity index (χ0v) is 17.0. The zero-order chi connectivity index (χ0) is 20.1. The Hall–Kier alpha value is -1.88. The number of benzene rings is 1. The smallest absolute Gasteiger partial charge is 0.252 e. The second-order valence-corrected chi connectivity index (χ2v) is 9.32. The molecule has 3 atom stereocenters. The fourth-order valence-corrected chi connectivity index (χ4v) is 6.12. The molecule has 0 spiro atoms. The Kier molecular flexibility index (Phi) is 4.98. The van der Waals surface area contributed by atoms with E-state index in [1.807, 2.05) is 13.0 Å². The number of nitrogens with two attached hydrogens (primary N) is 1. The lowest BCUT2D eigenvalue weighted by Gasteiger charge is -2.55. The lowest BCUT2D eigenvalue weighted by molar-refractivity contribution is -0.126. The van der Waals surface area contributed by atoms with Gasteiger partial charge in [0.1, 0.15) is 11.5 Å². The second kappa shape index (κ2) is 7.18. The van der Waals surface area contributed by atoms with Gasteiger partial charge in [-0.1, -0.05) is 12.5 Å². The third-order valence-corrected chi connectivity index (χ3v) is 7.83. The third kappa shape index (κ3) is 3.04.